The average Bonchev–Trinajstić information content (AvgIpc) is 2.62. The molecular weight excluding hydrogens is 426 g/mol. The molecule has 0 unspecified atom stereocenters. The van der Waals surface area contributed by atoms with Gasteiger partial charge in [0.05, 0.1) is 20.6 Å². The van der Waals surface area contributed by atoms with Crippen molar-refractivity contribution >= 4 is 45.2 Å². The van der Waals surface area contributed by atoms with Crippen molar-refractivity contribution in [3.05, 3.63) is 63.8 Å². The van der Waals surface area contributed by atoms with Gasteiger partial charge in [0.2, 0.25) is 5.95 Å². The molecule has 0 radical (unpaired) electrons. The second-order valence-electron chi connectivity index (χ2n) is 6.00. The minimum atomic E-state index is -4.73. The highest BCUT2D eigenvalue weighted by Crippen LogP contribution is 2.33. The Balaban J connectivity index is 1.92. The summed E-state index contributed by atoms with van der Waals surface area (Å²) in [4.78, 5) is 7.92. The van der Waals surface area contributed by atoms with Crippen LogP contribution >= 0.6 is 23.2 Å². The first-order chi connectivity index (χ1) is 13.1. The maximum absolute atomic E-state index is 13.0. The number of aromatic nitrogens is 2. The zero-order valence-electron chi connectivity index (χ0n) is 14.4. The summed E-state index contributed by atoms with van der Waals surface area (Å²) in [6.07, 6.45) is 0.936. The van der Waals surface area contributed by atoms with E-state index in [1.54, 1.807) is 30.3 Å². The molecular formula is C18H15Cl2FN4O2S. The van der Waals surface area contributed by atoms with Crippen molar-refractivity contribution in [3.8, 4) is 11.1 Å². The Morgan fingerprint density at radius 3 is 2.21 bits per heavy atom. The Morgan fingerprint density at radius 1 is 0.929 bits per heavy atom. The molecule has 3 rings (SSSR count). The van der Waals surface area contributed by atoms with Crippen LogP contribution in [0.5, 0.6) is 0 Å². The third kappa shape index (κ3) is 4.52. The predicted molar refractivity (Wildman–Crippen MR) is 108 cm³/mol. The summed E-state index contributed by atoms with van der Waals surface area (Å²) in [5.41, 5.74) is 14.5. The molecule has 4 N–H and O–H groups in total. The number of rotatable bonds is 5. The Kier molecular flexibility index (Phi) is 5.74. The number of hydrogen-bond acceptors (Lipinski definition) is 6. The fourth-order valence-corrected chi connectivity index (χ4v) is 3.53. The van der Waals surface area contributed by atoms with Crippen LogP contribution in [0, 0.1) is 0 Å². The van der Waals surface area contributed by atoms with Crippen LogP contribution in [-0.4, -0.2) is 18.4 Å². The first kappa shape index (κ1) is 20.3. The fraction of sp³-hybridized carbons (Fsp3) is 0.111. The van der Waals surface area contributed by atoms with Crippen LogP contribution in [0.3, 0.4) is 0 Å². The largest absolute Gasteiger partial charge is 0.383 e. The SMILES string of the molecule is Nc1nc(N)c(-c2ccc(Cl)c(Cl)c2)c(CCc2ccc(S(=O)(=O)F)cc2)n1. The van der Waals surface area contributed by atoms with Gasteiger partial charge in [-0.3, -0.25) is 0 Å². The lowest BCUT2D eigenvalue weighted by Crippen LogP contribution is -2.08. The van der Waals surface area contributed by atoms with Crippen LogP contribution in [0.1, 0.15) is 11.3 Å². The Bertz CT molecular complexity index is 1140. The van der Waals surface area contributed by atoms with Crippen molar-refractivity contribution < 1.29 is 12.3 Å². The van der Waals surface area contributed by atoms with Crippen molar-refractivity contribution in [3.63, 3.8) is 0 Å². The van der Waals surface area contributed by atoms with E-state index in [0.717, 1.165) is 5.56 Å². The summed E-state index contributed by atoms with van der Waals surface area (Å²) in [7, 11) is -4.73. The molecule has 0 fully saturated rings. The molecule has 0 bridgehead atoms. The Labute approximate surface area is 171 Å². The maximum atomic E-state index is 13.0. The highest BCUT2D eigenvalue weighted by atomic mass is 35.5. The Morgan fingerprint density at radius 2 is 1.61 bits per heavy atom. The first-order valence-corrected chi connectivity index (χ1v) is 10.2. The van der Waals surface area contributed by atoms with Crippen LogP contribution < -0.4 is 11.5 Å². The highest BCUT2D eigenvalue weighted by Gasteiger charge is 2.16. The molecule has 0 aliphatic heterocycles. The number of benzene rings is 2. The van der Waals surface area contributed by atoms with E-state index in [9.17, 15) is 12.3 Å². The van der Waals surface area contributed by atoms with Gasteiger partial charge < -0.3 is 11.5 Å². The topological polar surface area (TPSA) is 112 Å². The monoisotopic (exact) mass is 440 g/mol. The van der Waals surface area contributed by atoms with Crippen molar-refractivity contribution in [1.82, 2.24) is 9.97 Å². The van der Waals surface area contributed by atoms with Gasteiger partial charge in [0, 0.05) is 5.56 Å². The number of nitrogens with zero attached hydrogens (tertiary/aromatic N) is 2. The van der Waals surface area contributed by atoms with Gasteiger partial charge in [-0.2, -0.15) is 13.4 Å². The van der Waals surface area contributed by atoms with Crippen LogP contribution in [0.15, 0.2) is 47.4 Å². The van der Waals surface area contributed by atoms with Gasteiger partial charge in [0.1, 0.15) is 5.82 Å². The summed E-state index contributed by atoms with van der Waals surface area (Å²) >= 11 is 12.1. The normalized spacial score (nSPS) is 11.5. The zero-order valence-corrected chi connectivity index (χ0v) is 16.7. The lowest BCUT2D eigenvalue weighted by molar-refractivity contribution is 0.552. The van der Waals surface area contributed by atoms with E-state index in [4.69, 9.17) is 34.7 Å². The molecule has 1 heterocycles. The number of halogens is 3. The van der Waals surface area contributed by atoms with Gasteiger partial charge in [-0.25, -0.2) is 4.98 Å². The van der Waals surface area contributed by atoms with Crippen LogP contribution in [0.25, 0.3) is 11.1 Å². The zero-order chi connectivity index (χ0) is 20.5. The summed E-state index contributed by atoms with van der Waals surface area (Å²) in [6, 6.07) is 10.6. The molecule has 28 heavy (non-hydrogen) atoms. The van der Waals surface area contributed by atoms with E-state index >= 15 is 0 Å². The van der Waals surface area contributed by atoms with Crippen molar-refractivity contribution in [1.29, 1.82) is 0 Å². The lowest BCUT2D eigenvalue weighted by atomic mass is 10.00. The molecule has 0 saturated heterocycles. The van der Waals surface area contributed by atoms with Crippen molar-refractivity contribution in [2.24, 2.45) is 0 Å². The van der Waals surface area contributed by atoms with Crippen molar-refractivity contribution in [2.75, 3.05) is 11.5 Å². The number of aryl methyl sites for hydroxylation is 2. The molecule has 3 aromatic rings. The van der Waals surface area contributed by atoms with Crippen molar-refractivity contribution in [2.45, 2.75) is 17.7 Å². The van der Waals surface area contributed by atoms with Gasteiger partial charge in [-0.1, -0.05) is 41.4 Å². The molecule has 2 aromatic carbocycles. The number of nitrogen functional groups attached to an aromatic ring is 2. The van der Waals surface area contributed by atoms with Crippen LogP contribution in [0.4, 0.5) is 15.7 Å². The van der Waals surface area contributed by atoms with E-state index in [2.05, 4.69) is 9.97 Å². The Hall–Kier alpha value is -2.42. The average molecular weight is 441 g/mol. The molecule has 0 aliphatic rings. The van der Waals surface area contributed by atoms with Gasteiger partial charge in [0.25, 0.3) is 0 Å². The summed E-state index contributed by atoms with van der Waals surface area (Å²) in [5.74, 6) is 0.245. The summed E-state index contributed by atoms with van der Waals surface area (Å²) in [5, 5.41) is 0.772. The predicted octanol–water partition coefficient (Wildman–Crippen LogP) is 4.06. The summed E-state index contributed by atoms with van der Waals surface area (Å²) in [6.45, 7) is 0. The minimum absolute atomic E-state index is 0.0372. The number of nitrogens with two attached hydrogens (primary N) is 2. The van der Waals surface area contributed by atoms with Crippen LogP contribution in [-0.2, 0) is 23.1 Å². The minimum Gasteiger partial charge on any atom is -0.383 e. The van der Waals surface area contributed by atoms with E-state index in [0.29, 0.717) is 39.7 Å². The smallest absolute Gasteiger partial charge is 0.332 e. The molecule has 0 atom stereocenters. The third-order valence-corrected chi connectivity index (χ3v) is 5.67. The van der Waals surface area contributed by atoms with Gasteiger partial charge in [0.15, 0.2) is 0 Å². The van der Waals surface area contributed by atoms with Gasteiger partial charge in [-0.15, -0.1) is 3.89 Å². The third-order valence-electron chi connectivity index (χ3n) is 4.09. The molecule has 0 saturated carbocycles. The molecule has 0 amide bonds. The highest BCUT2D eigenvalue weighted by molar-refractivity contribution is 7.86. The van der Waals surface area contributed by atoms with E-state index in [1.165, 1.54) is 12.1 Å². The molecule has 6 nitrogen and oxygen atoms in total. The molecule has 0 aliphatic carbocycles. The quantitative estimate of drug-likeness (QED) is 0.578. The molecule has 0 spiro atoms. The van der Waals surface area contributed by atoms with E-state index < -0.39 is 10.2 Å². The second kappa shape index (κ2) is 7.90. The van der Waals surface area contributed by atoms with Gasteiger partial charge >= 0.3 is 10.2 Å². The maximum Gasteiger partial charge on any atom is 0.332 e. The number of anilines is 2. The van der Waals surface area contributed by atoms with E-state index in [1.807, 2.05) is 0 Å². The summed E-state index contributed by atoms with van der Waals surface area (Å²) < 4.78 is 34.8. The fourth-order valence-electron chi connectivity index (χ4n) is 2.77. The lowest BCUT2D eigenvalue weighted by Gasteiger charge is -2.13. The second-order valence-corrected chi connectivity index (χ2v) is 8.16. The van der Waals surface area contributed by atoms with E-state index in [-0.39, 0.29) is 16.7 Å². The molecule has 1 aromatic heterocycles. The number of hydrogen-bond donors (Lipinski definition) is 2. The molecule has 146 valence electrons. The molecule has 10 heteroatoms. The van der Waals surface area contributed by atoms with Crippen LogP contribution in [0.2, 0.25) is 10.0 Å². The first-order valence-electron chi connectivity index (χ1n) is 8.06. The van der Waals surface area contributed by atoms with Gasteiger partial charge in [-0.05, 0) is 48.2 Å². The standard InChI is InChI=1S/C18H15Cl2FN4O2S/c19-13-7-4-11(9-14(13)20)16-15(24-18(23)25-17(16)22)8-3-10-1-5-12(6-2-10)28(21,26)27/h1-2,4-7,9H,3,8H2,(H4,22,23,24,25).